The second kappa shape index (κ2) is 7.30. The maximum absolute atomic E-state index is 12.6. The van der Waals surface area contributed by atoms with Gasteiger partial charge in [0.25, 0.3) is 5.91 Å². The monoisotopic (exact) mass is 393 g/mol. The number of para-hydroxylation sites is 1. The van der Waals surface area contributed by atoms with Crippen LogP contribution < -0.4 is 10.6 Å². The number of anilines is 2. The SMILES string of the molecule is CC(=O)Nc1cccc(NC(=O)c2ccc(-c3nc4ccccc4s3)s2)c1. The van der Waals surface area contributed by atoms with Crippen molar-refractivity contribution in [3.63, 3.8) is 0 Å². The number of nitrogens with zero attached hydrogens (tertiary/aromatic N) is 1. The Morgan fingerprint density at radius 3 is 2.44 bits per heavy atom. The lowest BCUT2D eigenvalue weighted by Crippen LogP contribution is -2.11. The van der Waals surface area contributed by atoms with Gasteiger partial charge in [0.1, 0.15) is 5.01 Å². The smallest absolute Gasteiger partial charge is 0.265 e. The van der Waals surface area contributed by atoms with Crippen LogP contribution in [0.15, 0.2) is 60.7 Å². The van der Waals surface area contributed by atoms with Crippen LogP contribution in [0.1, 0.15) is 16.6 Å². The maximum atomic E-state index is 12.6. The van der Waals surface area contributed by atoms with Crippen molar-refractivity contribution in [1.82, 2.24) is 4.98 Å². The van der Waals surface area contributed by atoms with Crippen LogP contribution in [0.2, 0.25) is 0 Å². The Hall–Kier alpha value is -3.03. The first-order valence-corrected chi connectivity index (χ1v) is 9.86. The molecule has 0 radical (unpaired) electrons. The quantitative estimate of drug-likeness (QED) is 0.498. The lowest BCUT2D eigenvalue weighted by molar-refractivity contribution is -0.114. The molecule has 0 aliphatic heterocycles. The topological polar surface area (TPSA) is 71.1 Å². The van der Waals surface area contributed by atoms with Crippen molar-refractivity contribution in [2.75, 3.05) is 10.6 Å². The van der Waals surface area contributed by atoms with Crippen molar-refractivity contribution in [1.29, 1.82) is 0 Å². The molecule has 2 amide bonds. The number of carbonyl (C=O) groups excluding carboxylic acids is 2. The molecule has 7 heteroatoms. The molecule has 0 bridgehead atoms. The van der Waals surface area contributed by atoms with Gasteiger partial charge < -0.3 is 10.6 Å². The van der Waals surface area contributed by atoms with Crippen LogP contribution in [0.25, 0.3) is 20.1 Å². The summed E-state index contributed by atoms with van der Waals surface area (Å²) in [6, 6.07) is 18.8. The molecule has 2 aromatic carbocycles. The summed E-state index contributed by atoms with van der Waals surface area (Å²) >= 11 is 3.02. The lowest BCUT2D eigenvalue weighted by Gasteiger charge is -2.06. The third kappa shape index (κ3) is 3.89. The van der Waals surface area contributed by atoms with E-state index in [1.165, 1.54) is 18.3 Å². The standard InChI is InChI=1S/C20H15N3O2S2/c1-12(24)21-13-5-4-6-14(11-13)22-19(25)17-9-10-18(26-17)20-23-15-7-2-3-8-16(15)27-20/h2-11H,1H3,(H,21,24)(H,22,25). The van der Waals surface area contributed by atoms with E-state index in [0.29, 0.717) is 16.3 Å². The number of benzene rings is 2. The van der Waals surface area contributed by atoms with Gasteiger partial charge in [-0.1, -0.05) is 18.2 Å². The van der Waals surface area contributed by atoms with E-state index in [4.69, 9.17) is 0 Å². The molecule has 2 aromatic heterocycles. The number of rotatable bonds is 4. The van der Waals surface area contributed by atoms with Crippen molar-refractivity contribution in [2.45, 2.75) is 6.92 Å². The number of carbonyl (C=O) groups is 2. The van der Waals surface area contributed by atoms with Gasteiger partial charge in [-0.15, -0.1) is 22.7 Å². The highest BCUT2D eigenvalue weighted by Gasteiger charge is 2.13. The fourth-order valence-corrected chi connectivity index (χ4v) is 4.54. The molecule has 27 heavy (non-hydrogen) atoms. The Kier molecular flexibility index (Phi) is 4.70. The Balaban J connectivity index is 1.52. The maximum Gasteiger partial charge on any atom is 0.265 e. The Bertz CT molecular complexity index is 1110. The molecule has 0 fully saturated rings. The first kappa shape index (κ1) is 17.4. The highest BCUT2D eigenvalue weighted by molar-refractivity contribution is 7.26. The number of amides is 2. The molecule has 5 nitrogen and oxygen atoms in total. The van der Waals surface area contributed by atoms with Gasteiger partial charge in [0, 0.05) is 18.3 Å². The summed E-state index contributed by atoms with van der Waals surface area (Å²) in [5, 5.41) is 6.48. The third-order valence-corrected chi connectivity index (χ3v) is 6.06. The Labute approximate surface area is 163 Å². The minimum absolute atomic E-state index is 0.155. The van der Waals surface area contributed by atoms with E-state index in [-0.39, 0.29) is 11.8 Å². The van der Waals surface area contributed by atoms with Crippen molar-refractivity contribution in [3.8, 4) is 9.88 Å². The largest absolute Gasteiger partial charge is 0.326 e. The van der Waals surface area contributed by atoms with Gasteiger partial charge >= 0.3 is 0 Å². The van der Waals surface area contributed by atoms with Crippen LogP contribution in [-0.2, 0) is 4.79 Å². The van der Waals surface area contributed by atoms with E-state index >= 15 is 0 Å². The second-order valence-corrected chi connectivity index (χ2v) is 7.98. The van der Waals surface area contributed by atoms with E-state index in [1.807, 2.05) is 30.3 Å². The molecule has 0 atom stereocenters. The van der Waals surface area contributed by atoms with Crippen LogP contribution in [0.5, 0.6) is 0 Å². The van der Waals surface area contributed by atoms with Crippen LogP contribution >= 0.6 is 22.7 Å². The number of thiazole rings is 1. The summed E-state index contributed by atoms with van der Waals surface area (Å²) in [6.07, 6.45) is 0. The molecular weight excluding hydrogens is 378 g/mol. The van der Waals surface area contributed by atoms with Gasteiger partial charge in [-0.05, 0) is 42.5 Å². The molecule has 2 heterocycles. The summed E-state index contributed by atoms with van der Waals surface area (Å²) < 4.78 is 1.13. The molecule has 2 N–H and O–H groups in total. The molecule has 4 rings (SSSR count). The minimum atomic E-state index is -0.188. The predicted molar refractivity (Wildman–Crippen MR) is 112 cm³/mol. The highest BCUT2D eigenvalue weighted by atomic mass is 32.1. The molecule has 0 spiro atoms. The predicted octanol–water partition coefficient (Wildman–Crippen LogP) is 5.24. The van der Waals surface area contributed by atoms with Gasteiger partial charge in [0.05, 0.1) is 20.0 Å². The summed E-state index contributed by atoms with van der Waals surface area (Å²) in [4.78, 5) is 29.9. The molecule has 0 saturated carbocycles. The Morgan fingerprint density at radius 2 is 1.67 bits per heavy atom. The second-order valence-electron chi connectivity index (χ2n) is 5.87. The van der Waals surface area contributed by atoms with Crippen molar-refractivity contribution in [2.24, 2.45) is 0 Å². The summed E-state index contributed by atoms with van der Waals surface area (Å²) in [5.41, 5.74) is 2.23. The summed E-state index contributed by atoms with van der Waals surface area (Å²) in [5.74, 6) is -0.343. The van der Waals surface area contributed by atoms with E-state index in [9.17, 15) is 9.59 Å². The van der Waals surface area contributed by atoms with Crippen molar-refractivity contribution >= 4 is 56.1 Å². The average Bonchev–Trinajstić information content (AvgIpc) is 3.28. The molecule has 0 unspecified atom stereocenters. The van der Waals surface area contributed by atoms with Crippen molar-refractivity contribution < 1.29 is 9.59 Å². The summed E-state index contributed by atoms with van der Waals surface area (Å²) in [6.45, 7) is 1.44. The number of fused-ring (bicyclic) bond motifs is 1. The van der Waals surface area contributed by atoms with E-state index < -0.39 is 0 Å². The van der Waals surface area contributed by atoms with Gasteiger partial charge in [0.15, 0.2) is 0 Å². The fraction of sp³-hybridized carbons (Fsp3) is 0.0500. The average molecular weight is 393 g/mol. The fourth-order valence-electron chi connectivity index (χ4n) is 2.62. The number of thiophene rings is 1. The van der Waals surface area contributed by atoms with E-state index in [1.54, 1.807) is 41.7 Å². The van der Waals surface area contributed by atoms with E-state index in [0.717, 1.165) is 20.1 Å². The number of hydrogen-bond acceptors (Lipinski definition) is 5. The van der Waals surface area contributed by atoms with Crippen LogP contribution in [-0.4, -0.2) is 16.8 Å². The number of nitrogens with one attached hydrogen (secondary N) is 2. The molecular formula is C20H15N3O2S2. The zero-order valence-corrected chi connectivity index (χ0v) is 16.0. The van der Waals surface area contributed by atoms with Crippen LogP contribution in [0, 0.1) is 0 Å². The normalized spacial score (nSPS) is 10.7. The van der Waals surface area contributed by atoms with Gasteiger partial charge in [-0.3, -0.25) is 9.59 Å². The van der Waals surface area contributed by atoms with Crippen LogP contribution in [0.3, 0.4) is 0 Å². The lowest BCUT2D eigenvalue weighted by atomic mass is 10.2. The van der Waals surface area contributed by atoms with Gasteiger partial charge in [-0.2, -0.15) is 0 Å². The zero-order valence-electron chi connectivity index (χ0n) is 14.4. The molecule has 0 aliphatic carbocycles. The first-order valence-electron chi connectivity index (χ1n) is 8.23. The highest BCUT2D eigenvalue weighted by Crippen LogP contribution is 2.34. The summed E-state index contributed by atoms with van der Waals surface area (Å²) in [7, 11) is 0. The molecule has 0 aliphatic rings. The van der Waals surface area contributed by atoms with Crippen molar-refractivity contribution in [3.05, 3.63) is 65.5 Å². The van der Waals surface area contributed by atoms with Crippen LogP contribution in [0.4, 0.5) is 11.4 Å². The number of aromatic nitrogens is 1. The zero-order chi connectivity index (χ0) is 18.8. The van der Waals surface area contributed by atoms with Gasteiger partial charge in [0.2, 0.25) is 5.91 Å². The van der Waals surface area contributed by atoms with Gasteiger partial charge in [-0.25, -0.2) is 4.98 Å². The molecule has 0 saturated heterocycles. The molecule has 4 aromatic rings. The minimum Gasteiger partial charge on any atom is -0.326 e. The molecule has 134 valence electrons. The first-order chi connectivity index (χ1) is 13.1. The van der Waals surface area contributed by atoms with E-state index in [2.05, 4.69) is 15.6 Å². The third-order valence-electron chi connectivity index (χ3n) is 3.78. The number of hydrogen-bond donors (Lipinski definition) is 2. The Morgan fingerprint density at radius 1 is 0.889 bits per heavy atom.